The zero-order valence-electron chi connectivity index (χ0n) is 40.5. The predicted molar refractivity (Wildman–Crippen MR) is 298 cm³/mol. The lowest BCUT2D eigenvalue weighted by molar-refractivity contribution is 0.569. The molecule has 0 saturated carbocycles. The van der Waals surface area contributed by atoms with E-state index in [-0.39, 0.29) is 10.8 Å². The first kappa shape index (κ1) is 43.6. The predicted octanol–water partition coefficient (Wildman–Crippen LogP) is 19.5. The molecule has 11 aromatic rings. The molecule has 69 heavy (non-hydrogen) atoms. The summed E-state index contributed by atoms with van der Waals surface area (Å²) in [5.74, 6) is 0. The van der Waals surface area contributed by atoms with Crippen LogP contribution < -0.4 is 4.90 Å². The van der Waals surface area contributed by atoms with Crippen LogP contribution in [-0.2, 0) is 10.8 Å². The molecule has 0 atom stereocenters. The molecule has 1 heteroatoms. The van der Waals surface area contributed by atoms with E-state index >= 15 is 0 Å². The summed E-state index contributed by atoms with van der Waals surface area (Å²) in [6.45, 7) is 13.9. The molecule has 0 radical (unpaired) electrons. The van der Waals surface area contributed by atoms with Crippen LogP contribution in [0.5, 0.6) is 0 Å². The number of para-hydroxylation sites is 2. The van der Waals surface area contributed by atoms with E-state index in [4.69, 9.17) is 0 Å². The smallest absolute Gasteiger partial charge is 0.0540 e. The van der Waals surface area contributed by atoms with Crippen molar-refractivity contribution in [1.29, 1.82) is 0 Å². The minimum atomic E-state index is -0.0142. The number of anilines is 3. The summed E-state index contributed by atoms with van der Waals surface area (Å²) in [6.07, 6.45) is 0. The summed E-state index contributed by atoms with van der Waals surface area (Å²) >= 11 is 0. The van der Waals surface area contributed by atoms with Crippen LogP contribution >= 0.6 is 0 Å². The summed E-state index contributed by atoms with van der Waals surface area (Å²) in [4.78, 5) is 2.50. The maximum absolute atomic E-state index is 2.50. The van der Waals surface area contributed by atoms with Gasteiger partial charge in [0.1, 0.15) is 0 Å². The van der Waals surface area contributed by atoms with Gasteiger partial charge < -0.3 is 4.90 Å². The van der Waals surface area contributed by atoms with Gasteiger partial charge >= 0.3 is 0 Å². The highest BCUT2D eigenvalue weighted by Gasteiger charge is 2.25. The molecule has 0 unspecified atom stereocenters. The molecule has 334 valence electrons. The van der Waals surface area contributed by atoms with Gasteiger partial charge in [0.05, 0.1) is 11.4 Å². The van der Waals surface area contributed by atoms with Crippen molar-refractivity contribution in [2.24, 2.45) is 0 Å². The fraction of sp³-hybridized carbons (Fsp3) is 0.118. The Bertz CT molecular complexity index is 3630. The number of rotatable bonds is 8. The van der Waals surface area contributed by atoms with E-state index in [0.717, 1.165) is 28.2 Å². The molecule has 0 spiro atoms. The Hall–Kier alpha value is -8.00. The second-order valence-corrected chi connectivity index (χ2v) is 20.6. The van der Waals surface area contributed by atoms with Gasteiger partial charge in [-0.1, -0.05) is 248 Å². The molecule has 0 aliphatic carbocycles. The zero-order chi connectivity index (χ0) is 47.3. The molecule has 11 rings (SSSR count). The van der Waals surface area contributed by atoms with Gasteiger partial charge in [0.2, 0.25) is 0 Å². The Morgan fingerprint density at radius 2 is 0.681 bits per heavy atom. The van der Waals surface area contributed by atoms with Gasteiger partial charge in [0.15, 0.2) is 0 Å². The Kier molecular flexibility index (Phi) is 11.1. The van der Waals surface area contributed by atoms with Gasteiger partial charge in [-0.05, 0) is 129 Å². The standard InChI is InChI=1S/C68H57N/c1-67(2,3)54-43-53(44-55(45-54)68(4,5)6)58-31-17-25-50-27-19-33-62(66(50)58)60-29-13-15-35-64(60)69(56-40-38-47(39-41-56)52-37-36-46-20-10-11-23-51(46)42-52)63-34-14-12-28-59(63)61-32-18-26-49-24-16-30-57(65(49)61)48-21-8-7-9-22-48/h7-45H,1-6H3. The molecule has 1 nitrogen and oxygen atoms in total. The summed E-state index contributed by atoms with van der Waals surface area (Å²) in [6, 6.07) is 87.7. The van der Waals surface area contributed by atoms with Crippen molar-refractivity contribution in [2.75, 3.05) is 4.90 Å². The number of fused-ring (bicyclic) bond motifs is 3. The molecule has 0 N–H and O–H groups in total. The van der Waals surface area contributed by atoms with Crippen LogP contribution in [0.2, 0.25) is 0 Å². The fourth-order valence-corrected chi connectivity index (χ4v) is 10.3. The molecule has 0 aliphatic rings. The van der Waals surface area contributed by atoms with Gasteiger partial charge in [0.25, 0.3) is 0 Å². The summed E-state index contributed by atoms with van der Waals surface area (Å²) in [5, 5.41) is 7.40. The third-order valence-corrected chi connectivity index (χ3v) is 13.9. The average molecular weight is 888 g/mol. The number of hydrogen-bond acceptors (Lipinski definition) is 1. The van der Waals surface area contributed by atoms with Crippen molar-refractivity contribution in [3.8, 4) is 55.6 Å². The lowest BCUT2D eigenvalue weighted by atomic mass is 9.78. The largest absolute Gasteiger partial charge is 0.309 e. The van der Waals surface area contributed by atoms with Crippen LogP contribution in [0.3, 0.4) is 0 Å². The topological polar surface area (TPSA) is 3.24 Å². The van der Waals surface area contributed by atoms with Crippen molar-refractivity contribution in [1.82, 2.24) is 0 Å². The first-order chi connectivity index (χ1) is 33.5. The fourth-order valence-electron chi connectivity index (χ4n) is 10.3. The quantitative estimate of drug-likeness (QED) is 0.147. The third kappa shape index (κ3) is 8.29. The Morgan fingerprint density at radius 3 is 1.22 bits per heavy atom. The lowest BCUT2D eigenvalue weighted by Crippen LogP contribution is -2.16. The first-order valence-corrected chi connectivity index (χ1v) is 24.3. The third-order valence-electron chi connectivity index (χ3n) is 13.9. The van der Waals surface area contributed by atoms with E-state index < -0.39 is 0 Å². The first-order valence-electron chi connectivity index (χ1n) is 24.3. The second-order valence-electron chi connectivity index (χ2n) is 20.6. The Labute approximate surface area is 408 Å². The highest BCUT2D eigenvalue weighted by atomic mass is 15.1. The van der Waals surface area contributed by atoms with Crippen LogP contribution in [0.4, 0.5) is 17.1 Å². The molecule has 0 aromatic heterocycles. The second kappa shape index (κ2) is 17.6. The van der Waals surface area contributed by atoms with Crippen molar-refractivity contribution in [2.45, 2.75) is 52.4 Å². The summed E-state index contributed by atoms with van der Waals surface area (Å²) < 4.78 is 0. The van der Waals surface area contributed by atoms with Crippen molar-refractivity contribution >= 4 is 49.4 Å². The van der Waals surface area contributed by atoms with Gasteiger partial charge in [-0.2, -0.15) is 0 Å². The Balaban J connectivity index is 1.16. The van der Waals surface area contributed by atoms with E-state index in [1.807, 2.05) is 0 Å². The highest BCUT2D eigenvalue weighted by Crippen LogP contribution is 2.49. The molecular weight excluding hydrogens is 831 g/mol. The molecule has 0 saturated heterocycles. The highest BCUT2D eigenvalue weighted by molar-refractivity contribution is 6.11. The van der Waals surface area contributed by atoms with Crippen LogP contribution in [0, 0.1) is 0 Å². The van der Waals surface area contributed by atoms with Gasteiger partial charge in [0, 0.05) is 16.8 Å². The van der Waals surface area contributed by atoms with Crippen molar-refractivity contribution in [3.63, 3.8) is 0 Å². The van der Waals surface area contributed by atoms with E-state index in [0.29, 0.717) is 0 Å². The lowest BCUT2D eigenvalue weighted by Gasteiger charge is -2.31. The van der Waals surface area contributed by atoms with Crippen LogP contribution in [-0.4, -0.2) is 0 Å². The monoisotopic (exact) mass is 887 g/mol. The number of hydrogen-bond donors (Lipinski definition) is 0. The molecule has 0 heterocycles. The van der Waals surface area contributed by atoms with E-state index in [9.17, 15) is 0 Å². The van der Waals surface area contributed by atoms with Crippen molar-refractivity contribution < 1.29 is 0 Å². The van der Waals surface area contributed by atoms with Crippen LogP contribution in [0.15, 0.2) is 237 Å². The zero-order valence-corrected chi connectivity index (χ0v) is 40.5. The van der Waals surface area contributed by atoms with E-state index in [1.165, 1.54) is 88.0 Å². The maximum atomic E-state index is 2.50. The summed E-state index contributed by atoms with van der Waals surface area (Å²) in [5.41, 5.74) is 18.0. The van der Waals surface area contributed by atoms with Crippen LogP contribution in [0.1, 0.15) is 52.7 Å². The molecular formula is C68H57N. The number of nitrogens with zero attached hydrogens (tertiary/aromatic N) is 1. The van der Waals surface area contributed by atoms with Gasteiger partial charge in [-0.25, -0.2) is 0 Å². The normalized spacial score (nSPS) is 11.9. The van der Waals surface area contributed by atoms with Crippen LogP contribution in [0.25, 0.3) is 88.0 Å². The van der Waals surface area contributed by atoms with Gasteiger partial charge in [-0.3, -0.25) is 0 Å². The molecule has 0 bridgehead atoms. The maximum Gasteiger partial charge on any atom is 0.0540 e. The van der Waals surface area contributed by atoms with Crippen molar-refractivity contribution in [3.05, 3.63) is 248 Å². The Morgan fingerprint density at radius 1 is 0.261 bits per heavy atom. The number of benzene rings is 11. The van der Waals surface area contributed by atoms with E-state index in [1.54, 1.807) is 0 Å². The minimum absolute atomic E-state index is 0.0142. The minimum Gasteiger partial charge on any atom is -0.309 e. The SMILES string of the molecule is CC(C)(C)c1cc(-c2cccc3cccc(-c4ccccc4N(c4ccc(-c5ccc6ccccc6c5)cc4)c4ccccc4-c4cccc5cccc(-c6ccccc6)c45)c23)cc(C(C)(C)C)c1. The van der Waals surface area contributed by atoms with Gasteiger partial charge in [-0.15, -0.1) is 0 Å². The summed E-state index contributed by atoms with van der Waals surface area (Å²) in [7, 11) is 0. The molecule has 0 amide bonds. The molecule has 0 fully saturated rings. The molecule has 0 aliphatic heterocycles. The average Bonchev–Trinajstić information content (AvgIpc) is 3.38. The molecule has 11 aromatic carbocycles. The van der Waals surface area contributed by atoms with E-state index in [2.05, 4.69) is 283 Å².